The van der Waals surface area contributed by atoms with E-state index in [4.69, 9.17) is 4.74 Å². The predicted octanol–water partition coefficient (Wildman–Crippen LogP) is 7.33. The van der Waals surface area contributed by atoms with Crippen molar-refractivity contribution < 1.29 is 38.3 Å². The van der Waals surface area contributed by atoms with Gasteiger partial charge in [-0.3, -0.25) is 24.0 Å². The number of hydrogen-bond acceptors (Lipinski definition) is 8. The number of nitrogens with one attached hydrogen (secondary N) is 2. The third kappa shape index (κ3) is 12.4. The second kappa shape index (κ2) is 20.1. The van der Waals surface area contributed by atoms with Gasteiger partial charge < -0.3 is 30.1 Å². The van der Waals surface area contributed by atoms with Crippen molar-refractivity contribution in [2.75, 3.05) is 26.2 Å². The zero-order chi connectivity index (χ0) is 45.7. The maximum atomic E-state index is 15.3. The van der Waals surface area contributed by atoms with E-state index in [2.05, 4.69) is 37.1 Å². The van der Waals surface area contributed by atoms with Gasteiger partial charge in [0.05, 0.1) is 18.6 Å². The van der Waals surface area contributed by atoms with E-state index in [-0.39, 0.29) is 48.8 Å². The second-order valence-corrected chi connectivity index (χ2v) is 21.5. The van der Waals surface area contributed by atoms with Crippen molar-refractivity contribution in [2.45, 2.75) is 169 Å². The van der Waals surface area contributed by atoms with E-state index in [1.807, 2.05) is 50.8 Å². The van der Waals surface area contributed by atoms with E-state index in [9.17, 15) is 28.8 Å². The summed E-state index contributed by atoms with van der Waals surface area (Å²) in [6.07, 6.45) is 8.84. The van der Waals surface area contributed by atoms with Crippen LogP contribution in [0.3, 0.4) is 0 Å². The molecule has 3 aliphatic heterocycles. The third-order valence-corrected chi connectivity index (χ3v) is 14.6. The summed E-state index contributed by atoms with van der Waals surface area (Å²) >= 11 is 0. The van der Waals surface area contributed by atoms with E-state index in [0.29, 0.717) is 64.7 Å². The molecule has 1 aromatic rings. The van der Waals surface area contributed by atoms with E-state index in [1.165, 1.54) is 10.5 Å². The number of ketones is 3. The van der Waals surface area contributed by atoms with Crippen molar-refractivity contribution in [3.8, 4) is 0 Å². The highest BCUT2D eigenvalue weighted by atomic mass is 16.6. The maximum absolute atomic E-state index is 15.3. The highest BCUT2D eigenvalue weighted by Crippen LogP contribution is 2.42. The van der Waals surface area contributed by atoms with Crippen molar-refractivity contribution >= 4 is 41.3 Å². The first kappa shape index (κ1) is 47.9. The molecule has 1 aromatic carbocycles. The first-order valence-corrected chi connectivity index (χ1v) is 23.6. The number of amides is 5. The molecule has 2 saturated carbocycles. The Balaban J connectivity index is 1.25. The second-order valence-electron chi connectivity index (χ2n) is 21.5. The normalized spacial score (nSPS) is 23.5. The van der Waals surface area contributed by atoms with E-state index in [0.717, 1.165) is 44.1 Å². The molecule has 0 bridgehead atoms. The first-order chi connectivity index (χ1) is 29.8. The van der Waals surface area contributed by atoms with Crippen molar-refractivity contribution in [1.29, 1.82) is 0 Å². The number of likely N-dealkylation sites (tertiary alicyclic amines) is 2. The first-order valence-electron chi connectivity index (χ1n) is 23.6. The molecule has 13 nitrogen and oxygen atoms in total. The van der Waals surface area contributed by atoms with Gasteiger partial charge in [-0.15, -0.1) is 6.58 Å². The number of carbonyl (C=O) groups excluding carboxylic acids is 7. The summed E-state index contributed by atoms with van der Waals surface area (Å²) < 4.78 is 6.13. The highest BCUT2D eigenvalue weighted by molar-refractivity contribution is 6.38. The number of hydrogen-bond donors (Lipinski definition) is 2. The minimum Gasteiger partial charge on any atom is -0.444 e. The third-order valence-electron chi connectivity index (χ3n) is 14.6. The molecule has 63 heavy (non-hydrogen) atoms. The molecule has 1 unspecified atom stereocenters. The molecule has 0 spiro atoms. The van der Waals surface area contributed by atoms with E-state index in [1.54, 1.807) is 11.0 Å². The summed E-state index contributed by atoms with van der Waals surface area (Å²) in [5, 5.41) is 6.24. The van der Waals surface area contributed by atoms with Crippen molar-refractivity contribution in [2.24, 2.45) is 28.1 Å². The summed E-state index contributed by atoms with van der Waals surface area (Å²) in [4.78, 5) is 103. The standard InChI is InChI=1S/C50H73N5O8/c1-8-9-17-39(56)43(59)36(26-33-18-19-33)27-40(57)38-28-37(63-47(62)54-24-20-34-15-11-12-16-35(34)30-54)31-55(38)45(60)44(50(7)21-13-10-14-22-50)52-46(61)51-41(48(2,3)4)32-53-25-23-49(5,6)29-42(53)58/h8,11-12,15-16,33,36-38,41,44H,1,9-10,13-14,17-32H2,2-7H3,(H2,51,52,61)/t36?,37-,38+,41-,44-/m1/s1. The molecule has 6 rings (SSSR count). The molecule has 0 radical (unpaired) electrons. The lowest BCUT2D eigenvalue weighted by atomic mass is 9.70. The number of rotatable bonds is 17. The number of carbonyl (C=O) groups is 7. The summed E-state index contributed by atoms with van der Waals surface area (Å²) in [6.45, 7) is 17.6. The smallest absolute Gasteiger partial charge is 0.410 e. The zero-order valence-corrected chi connectivity index (χ0v) is 38.8. The van der Waals surface area contributed by atoms with Crippen molar-refractivity contribution in [3.05, 3.63) is 48.0 Å². The van der Waals surface area contributed by atoms with Crippen LogP contribution in [0.4, 0.5) is 9.59 Å². The molecule has 0 aromatic heterocycles. The average Bonchev–Trinajstić information content (AvgIpc) is 3.96. The predicted molar refractivity (Wildman–Crippen MR) is 240 cm³/mol. The average molecular weight is 872 g/mol. The Morgan fingerprint density at radius 1 is 0.952 bits per heavy atom. The van der Waals surface area contributed by atoms with Crippen LogP contribution in [0.25, 0.3) is 0 Å². The summed E-state index contributed by atoms with van der Waals surface area (Å²) in [5.74, 6) is -2.37. The van der Waals surface area contributed by atoms with Crippen LogP contribution in [0.5, 0.6) is 0 Å². The molecule has 2 N–H and O–H groups in total. The van der Waals surface area contributed by atoms with E-state index < -0.39 is 70.6 Å². The minimum absolute atomic E-state index is 0.0291. The number of nitrogens with zero attached hydrogens (tertiary/aromatic N) is 3. The lowest BCUT2D eigenvalue weighted by Crippen LogP contribution is -2.62. The van der Waals surface area contributed by atoms with Gasteiger partial charge in [0.25, 0.3) is 0 Å². The van der Waals surface area contributed by atoms with Gasteiger partial charge >= 0.3 is 12.1 Å². The largest absolute Gasteiger partial charge is 0.444 e. The zero-order valence-electron chi connectivity index (χ0n) is 38.8. The van der Waals surface area contributed by atoms with Gasteiger partial charge in [-0.25, -0.2) is 9.59 Å². The van der Waals surface area contributed by atoms with Gasteiger partial charge in [0.1, 0.15) is 12.1 Å². The number of Topliss-reactive ketones (excluding diaryl/α,β-unsaturated/α-hetero) is 3. The molecule has 5 amide bonds. The topological polar surface area (TPSA) is 162 Å². The molecule has 3 heterocycles. The molecular weight excluding hydrogens is 799 g/mol. The van der Waals surface area contributed by atoms with Crippen LogP contribution in [-0.4, -0.2) is 106 Å². The molecule has 346 valence electrons. The minimum atomic E-state index is -1.04. The lowest BCUT2D eigenvalue weighted by Gasteiger charge is -2.43. The Hall–Kier alpha value is -4.55. The number of piperidine rings is 1. The number of benzene rings is 1. The molecule has 5 atom stereocenters. The number of urea groups is 1. The summed E-state index contributed by atoms with van der Waals surface area (Å²) in [6, 6.07) is 4.94. The van der Waals surface area contributed by atoms with Gasteiger partial charge in [0.15, 0.2) is 11.6 Å². The Bertz CT molecular complexity index is 1890. The molecule has 2 aliphatic carbocycles. The SMILES string of the molecule is C=CCCC(=O)C(=O)C(CC(=O)[C@@H]1C[C@@H](OC(=O)N2CCc3ccccc3C2)CN1C(=O)[C@@H](NC(=O)N[C@H](CN1CCC(C)(C)CC1=O)C(C)(C)C)C1(C)CCCCC1)CC1CC1. The Labute approximate surface area is 374 Å². The van der Waals surface area contributed by atoms with Gasteiger partial charge in [-0.2, -0.15) is 0 Å². The van der Waals surface area contributed by atoms with Gasteiger partial charge in [-0.05, 0) is 71.8 Å². The van der Waals surface area contributed by atoms with E-state index >= 15 is 4.79 Å². The Kier molecular flexibility index (Phi) is 15.3. The number of allylic oxidation sites excluding steroid dienone is 1. The molecule has 2 saturated heterocycles. The summed E-state index contributed by atoms with van der Waals surface area (Å²) in [7, 11) is 0. The van der Waals surface area contributed by atoms with Crippen molar-refractivity contribution in [3.63, 3.8) is 0 Å². The van der Waals surface area contributed by atoms with Gasteiger partial charge in [-0.1, -0.05) is 104 Å². The lowest BCUT2D eigenvalue weighted by molar-refractivity contribution is -0.144. The van der Waals surface area contributed by atoms with Crippen LogP contribution < -0.4 is 10.6 Å². The Morgan fingerprint density at radius 2 is 1.65 bits per heavy atom. The fraction of sp³-hybridized carbons (Fsp3) is 0.700. The molecule has 5 aliphatic rings. The monoisotopic (exact) mass is 872 g/mol. The summed E-state index contributed by atoms with van der Waals surface area (Å²) in [5.41, 5.74) is 1.06. The van der Waals surface area contributed by atoms with Crippen molar-refractivity contribution in [1.82, 2.24) is 25.3 Å². The maximum Gasteiger partial charge on any atom is 0.410 e. The number of fused-ring (bicyclic) bond motifs is 1. The van der Waals surface area contributed by atoms with Crippen LogP contribution in [-0.2, 0) is 41.7 Å². The fourth-order valence-corrected chi connectivity index (χ4v) is 10.1. The highest BCUT2D eigenvalue weighted by Gasteiger charge is 2.50. The van der Waals surface area contributed by atoms with Gasteiger partial charge in [0, 0.05) is 57.8 Å². The molecule has 13 heteroatoms. The van der Waals surface area contributed by atoms with Gasteiger partial charge in [0.2, 0.25) is 17.6 Å². The van der Waals surface area contributed by atoms with Crippen LogP contribution in [0, 0.1) is 28.1 Å². The van der Waals surface area contributed by atoms with Crippen LogP contribution in [0.2, 0.25) is 0 Å². The number of ether oxygens (including phenoxy) is 1. The Morgan fingerprint density at radius 3 is 2.30 bits per heavy atom. The van der Waals surface area contributed by atoms with Crippen LogP contribution >= 0.6 is 0 Å². The van der Waals surface area contributed by atoms with Crippen LogP contribution in [0.1, 0.15) is 143 Å². The quantitative estimate of drug-likeness (QED) is 0.122. The van der Waals surface area contributed by atoms with Crippen LogP contribution in [0.15, 0.2) is 36.9 Å². The molecular formula is C50H73N5O8. The molecule has 4 fully saturated rings. The fourth-order valence-electron chi connectivity index (χ4n) is 10.1.